The predicted octanol–water partition coefficient (Wildman–Crippen LogP) is 2.78. The van der Waals surface area contributed by atoms with Gasteiger partial charge in [0.05, 0.1) is 4.92 Å². The summed E-state index contributed by atoms with van der Waals surface area (Å²) in [5.41, 5.74) is 6.64. The highest BCUT2D eigenvalue weighted by molar-refractivity contribution is 5.65. The fourth-order valence-electron chi connectivity index (χ4n) is 2.03. The normalized spacial score (nSPS) is 15.3. The Labute approximate surface area is 100 Å². The minimum Gasteiger partial charge on any atom is -0.393 e. The van der Waals surface area contributed by atoms with Crippen molar-refractivity contribution in [1.82, 2.24) is 0 Å². The third-order valence-electron chi connectivity index (χ3n) is 3.33. The highest BCUT2D eigenvalue weighted by Crippen LogP contribution is 2.29. The van der Waals surface area contributed by atoms with E-state index in [4.69, 9.17) is 5.73 Å². The molecule has 0 aromatic heterocycles. The van der Waals surface area contributed by atoms with E-state index in [1.54, 1.807) is 12.1 Å². The second-order valence-corrected chi connectivity index (χ2v) is 4.54. The predicted molar refractivity (Wildman–Crippen MR) is 68.0 cm³/mol. The third kappa shape index (κ3) is 2.87. The summed E-state index contributed by atoms with van der Waals surface area (Å²) in [6.07, 6.45) is 5.19. The lowest BCUT2D eigenvalue weighted by atomic mass is 9.83. The smallest absolute Gasteiger partial charge is 0.292 e. The van der Waals surface area contributed by atoms with Gasteiger partial charge in [-0.1, -0.05) is 19.3 Å². The minimum atomic E-state index is -0.465. The summed E-state index contributed by atoms with van der Waals surface area (Å²) >= 11 is 0. The fraction of sp³-hybridized carbons (Fsp3) is 0.500. The molecule has 0 radical (unpaired) electrons. The van der Waals surface area contributed by atoms with Crippen LogP contribution < -0.4 is 11.1 Å². The molecular formula is C12H17N3O2. The molecule has 1 aliphatic carbocycles. The Morgan fingerprint density at radius 1 is 1.47 bits per heavy atom. The van der Waals surface area contributed by atoms with Crippen molar-refractivity contribution in [2.75, 3.05) is 17.6 Å². The first-order chi connectivity index (χ1) is 8.16. The Hall–Kier alpha value is -1.78. The molecule has 1 saturated carbocycles. The molecule has 0 heterocycles. The second kappa shape index (κ2) is 5.03. The Morgan fingerprint density at radius 3 is 2.76 bits per heavy atom. The van der Waals surface area contributed by atoms with E-state index in [2.05, 4.69) is 5.32 Å². The second-order valence-electron chi connectivity index (χ2n) is 4.54. The van der Waals surface area contributed by atoms with Crippen LogP contribution in [-0.2, 0) is 0 Å². The average molecular weight is 235 g/mol. The van der Waals surface area contributed by atoms with Gasteiger partial charge in [-0.05, 0) is 24.5 Å². The van der Waals surface area contributed by atoms with Gasteiger partial charge in [0, 0.05) is 18.3 Å². The zero-order valence-corrected chi connectivity index (χ0v) is 9.69. The van der Waals surface area contributed by atoms with Crippen LogP contribution in [0.3, 0.4) is 0 Å². The lowest BCUT2D eigenvalue weighted by Crippen LogP contribution is -2.15. The summed E-state index contributed by atoms with van der Waals surface area (Å²) in [4.78, 5) is 10.1. The van der Waals surface area contributed by atoms with Gasteiger partial charge in [-0.2, -0.15) is 0 Å². The van der Waals surface area contributed by atoms with Gasteiger partial charge in [0.25, 0.3) is 5.69 Å². The van der Waals surface area contributed by atoms with E-state index in [0.29, 0.717) is 0 Å². The highest BCUT2D eigenvalue weighted by Gasteiger charge is 2.16. The van der Waals surface area contributed by atoms with E-state index < -0.39 is 4.92 Å². The molecule has 92 valence electrons. The van der Waals surface area contributed by atoms with E-state index >= 15 is 0 Å². The van der Waals surface area contributed by atoms with Gasteiger partial charge in [-0.25, -0.2) is 0 Å². The maximum absolute atomic E-state index is 10.6. The molecule has 0 spiro atoms. The van der Waals surface area contributed by atoms with E-state index in [-0.39, 0.29) is 11.4 Å². The third-order valence-corrected chi connectivity index (χ3v) is 3.33. The number of nitrogens with one attached hydrogen (secondary N) is 1. The molecule has 0 atom stereocenters. The van der Waals surface area contributed by atoms with Gasteiger partial charge >= 0.3 is 0 Å². The number of anilines is 2. The van der Waals surface area contributed by atoms with Crippen molar-refractivity contribution in [3.63, 3.8) is 0 Å². The molecule has 0 unspecified atom stereocenters. The number of nitrogen functional groups attached to an aromatic ring is 1. The number of nitro benzene ring substituents is 1. The topological polar surface area (TPSA) is 81.2 Å². The number of nitrogens with zero attached hydrogens (tertiary/aromatic N) is 1. The van der Waals surface area contributed by atoms with Crippen LogP contribution in [0.1, 0.15) is 25.7 Å². The van der Waals surface area contributed by atoms with Gasteiger partial charge in [0.1, 0.15) is 5.69 Å². The first-order valence-corrected chi connectivity index (χ1v) is 5.94. The zero-order chi connectivity index (χ0) is 12.3. The van der Waals surface area contributed by atoms with E-state index in [1.807, 2.05) is 0 Å². The fourth-order valence-corrected chi connectivity index (χ4v) is 2.03. The lowest BCUT2D eigenvalue weighted by molar-refractivity contribution is -0.383. The van der Waals surface area contributed by atoms with Crippen LogP contribution in [0, 0.1) is 16.0 Å². The summed E-state index contributed by atoms with van der Waals surface area (Å²) in [5.74, 6) is 0.859. The number of nitro groups is 1. The maximum atomic E-state index is 10.6. The summed E-state index contributed by atoms with van der Waals surface area (Å²) in [6.45, 7) is 0.905. The van der Waals surface area contributed by atoms with Crippen molar-refractivity contribution >= 4 is 17.1 Å². The molecule has 3 N–H and O–H groups in total. The molecule has 0 bridgehead atoms. The molecular weight excluding hydrogens is 218 g/mol. The van der Waals surface area contributed by atoms with Gasteiger partial charge in [-0.3, -0.25) is 10.1 Å². The average Bonchev–Trinajstić information content (AvgIpc) is 2.21. The van der Waals surface area contributed by atoms with Crippen LogP contribution in [0.5, 0.6) is 0 Å². The van der Waals surface area contributed by atoms with E-state index in [0.717, 1.165) is 24.6 Å². The minimum absolute atomic E-state index is 0.0328. The van der Waals surface area contributed by atoms with Crippen molar-refractivity contribution in [1.29, 1.82) is 0 Å². The van der Waals surface area contributed by atoms with Gasteiger partial charge in [0.2, 0.25) is 0 Å². The van der Waals surface area contributed by atoms with Crippen molar-refractivity contribution in [2.45, 2.75) is 25.7 Å². The van der Waals surface area contributed by atoms with Crippen LogP contribution in [0.15, 0.2) is 18.2 Å². The number of rotatable bonds is 5. The molecule has 0 saturated heterocycles. The summed E-state index contributed by atoms with van der Waals surface area (Å²) in [7, 11) is 0. The standard InChI is InChI=1S/C12H17N3O2/c13-11-8-10(4-5-12(11)15(16)17)14-7-6-9-2-1-3-9/h4-5,8-9,14H,1-3,6-7,13H2. The molecule has 1 fully saturated rings. The van der Waals surface area contributed by atoms with Gasteiger partial charge in [0.15, 0.2) is 0 Å². The summed E-state index contributed by atoms with van der Waals surface area (Å²) in [5, 5.41) is 13.8. The number of hydrogen-bond acceptors (Lipinski definition) is 4. The van der Waals surface area contributed by atoms with Crippen molar-refractivity contribution < 1.29 is 4.92 Å². The Morgan fingerprint density at radius 2 is 2.24 bits per heavy atom. The van der Waals surface area contributed by atoms with Crippen molar-refractivity contribution in [3.05, 3.63) is 28.3 Å². The number of nitrogens with two attached hydrogens (primary N) is 1. The molecule has 5 heteroatoms. The summed E-state index contributed by atoms with van der Waals surface area (Å²) in [6, 6.07) is 4.77. The molecule has 1 aromatic carbocycles. The van der Waals surface area contributed by atoms with E-state index in [1.165, 1.54) is 25.3 Å². The lowest BCUT2D eigenvalue weighted by Gasteiger charge is -2.25. The first kappa shape index (κ1) is 11.7. The van der Waals surface area contributed by atoms with Crippen LogP contribution in [-0.4, -0.2) is 11.5 Å². The van der Waals surface area contributed by atoms with E-state index in [9.17, 15) is 10.1 Å². The van der Waals surface area contributed by atoms with Crippen LogP contribution in [0.2, 0.25) is 0 Å². The van der Waals surface area contributed by atoms with Crippen molar-refractivity contribution in [3.8, 4) is 0 Å². The first-order valence-electron chi connectivity index (χ1n) is 5.94. The molecule has 1 aromatic rings. The SMILES string of the molecule is Nc1cc(NCCC2CCC2)ccc1[N+](=O)[O-]. The molecule has 17 heavy (non-hydrogen) atoms. The van der Waals surface area contributed by atoms with Gasteiger partial charge in [-0.15, -0.1) is 0 Å². The largest absolute Gasteiger partial charge is 0.393 e. The number of hydrogen-bond donors (Lipinski definition) is 2. The zero-order valence-electron chi connectivity index (χ0n) is 9.69. The molecule has 0 amide bonds. The van der Waals surface area contributed by atoms with Crippen LogP contribution >= 0.6 is 0 Å². The molecule has 2 rings (SSSR count). The molecule has 0 aliphatic heterocycles. The van der Waals surface area contributed by atoms with Crippen molar-refractivity contribution in [2.24, 2.45) is 5.92 Å². The Balaban J connectivity index is 1.88. The highest BCUT2D eigenvalue weighted by atomic mass is 16.6. The number of benzene rings is 1. The Kier molecular flexibility index (Phi) is 3.46. The van der Waals surface area contributed by atoms with Crippen LogP contribution in [0.4, 0.5) is 17.1 Å². The summed E-state index contributed by atoms with van der Waals surface area (Å²) < 4.78 is 0. The monoisotopic (exact) mass is 235 g/mol. The molecule has 1 aliphatic rings. The van der Waals surface area contributed by atoms with Gasteiger partial charge < -0.3 is 11.1 Å². The van der Waals surface area contributed by atoms with Crippen LogP contribution in [0.25, 0.3) is 0 Å². The maximum Gasteiger partial charge on any atom is 0.292 e. The Bertz CT molecular complexity index is 416. The molecule has 5 nitrogen and oxygen atoms in total. The quantitative estimate of drug-likeness (QED) is 0.467.